The molecule has 0 saturated carbocycles. The first-order valence-corrected chi connectivity index (χ1v) is 6.45. The summed E-state index contributed by atoms with van der Waals surface area (Å²) in [6.07, 6.45) is 0.856. The van der Waals surface area contributed by atoms with Crippen LogP contribution in [0.25, 0.3) is 0 Å². The molecule has 1 rings (SSSR count). The maximum absolute atomic E-state index is 13.4. The van der Waals surface area contributed by atoms with Crippen LogP contribution in [0.5, 0.6) is 0 Å². The number of hydrogen-bond acceptors (Lipinski definition) is 3. The van der Waals surface area contributed by atoms with E-state index in [4.69, 9.17) is 5.73 Å². The van der Waals surface area contributed by atoms with Gasteiger partial charge in [-0.05, 0) is 32.6 Å². The second-order valence-electron chi connectivity index (χ2n) is 4.80. The van der Waals surface area contributed by atoms with Crippen LogP contribution in [-0.2, 0) is 0 Å². The van der Waals surface area contributed by atoms with Crippen LogP contribution in [0.4, 0.5) is 10.1 Å². The molecule has 106 valence electrons. The van der Waals surface area contributed by atoms with E-state index in [1.807, 2.05) is 25.9 Å². The Hall–Kier alpha value is -1.62. The topological polar surface area (TPSA) is 49.6 Å². The van der Waals surface area contributed by atoms with Crippen LogP contribution < -0.4 is 5.73 Å². The van der Waals surface area contributed by atoms with Gasteiger partial charge in [0.05, 0.1) is 11.3 Å². The molecule has 0 fully saturated rings. The van der Waals surface area contributed by atoms with Crippen molar-refractivity contribution in [1.82, 2.24) is 9.80 Å². The Bertz CT molecular complexity index is 435. The third-order valence-electron chi connectivity index (χ3n) is 2.88. The minimum Gasteiger partial charge on any atom is -0.396 e. The fourth-order valence-corrected chi connectivity index (χ4v) is 1.80. The summed E-state index contributed by atoms with van der Waals surface area (Å²) in [6.45, 7) is 4.02. The average molecular weight is 267 g/mol. The molecule has 1 amide bonds. The van der Waals surface area contributed by atoms with Crippen LogP contribution in [0.2, 0.25) is 0 Å². The number of carbonyl (C=O) groups is 1. The van der Waals surface area contributed by atoms with Crippen molar-refractivity contribution >= 4 is 11.6 Å². The van der Waals surface area contributed by atoms with E-state index in [9.17, 15) is 9.18 Å². The molecule has 5 heteroatoms. The summed E-state index contributed by atoms with van der Waals surface area (Å²) in [5.41, 5.74) is 5.81. The fourth-order valence-electron chi connectivity index (χ4n) is 1.80. The predicted octanol–water partition coefficient (Wildman–Crippen LogP) is 1.82. The van der Waals surface area contributed by atoms with E-state index >= 15 is 0 Å². The lowest BCUT2D eigenvalue weighted by atomic mass is 10.1. The highest BCUT2D eigenvalue weighted by Crippen LogP contribution is 2.18. The molecule has 0 radical (unpaired) electrons. The molecule has 0 aromatic heterocycles. The molecular formula is C14H22FN3O. The van der Waals surface area contributed by atoms with E-state index in [0.29, 0.717) is 13.1 Å². The van der Waals surface area contributed by atoms with Gasteiger partial charge in [-0.25, -0.2) is 4.39 Å². The Morgan fingerprint density at radius 2 is 1.95 bits per heavy atom. The first-order valence-electron chi connectivity index (χ1n) is 6.45. The van der Waals surface area contributed by atoms with Gasteiger partial charge in [-0.3, -0.25) is 4.79 Å². The van der Waals surface area contributed by atoms with Crippen molar-refractivity contribution in [2.45, 2.75) is 13.3 Å². The summed E-state index contributed by atoms with van der Waals surface area (Å²) in [4.78, 5) is 16.1. The Morgan fingerprint density at radius 1 is 1.26 bits per heavy atom. The molecule has 4 nitrogen and oxygen atoms in total. The number of likely N-dealkylation sites (N-methyl/N-ethyl adjacent to an activating group) is 1. The Balaban J connectivity index is 2.89. The van der Waals surface area contributed by atoms with Gasteiger partial charge < -0.3 is 15.5 Å². The number of nitrogens with zero attached hydrogens (tertiary/aromatic N) is 2. The van der Waals surface area contributed by atoms with Gasteiger partial charge in [-0.15, -0.1) is 0 Å². The highest BCUT2D eigenvalue weighted by molar-refractivity contribution is 5.99. The molecule has 0 aliphatic carbocycles. The van der Waals surface area contributed by atoms with Gasteiger partial charge >= 0.3 is 0 Å². The molecule has 1 aromatic carbocycles. The molecule has 0 heterocycles. The van der Waals surface area contributed by atoms with Crippen molar-refractivity contribution in [3.05, 3.63) is 29.6 Å². The molecule has 0 spiro atoms. The van der Waals surface area contributed by atoms with Crippen LogP contribution in [0.3, 0.4) is 0 Å². The van der Waals surface area contributed by atoms with Gasteiger partial charge in [-0.1, -0.05) is 13.0 Å². The largest absolute Gasteiger partial charge is 0.396 e. The normalized spacial score (nSPS) is 10.8. The summed E-state index contributed by atoms with van der Waals surface area (Å²) >= 11 is 0. The number of benzene rings is 1. The Labute approximate surface area is 114 Å². The van der Waals surface area contributed by atoms with Gasteiger partial charge in [0.2, 0.25) is 0 Å². The van der Waals surface area contributed by atoms with Crippen LogP contribution in [-0.4, -0.2) is 49.4 Å². The molecule has 2 N–H and O–H groups in total. The zero-order valence-corrected chi connectivity index (χ0v) is 11.8. The number of rotatable bonds is 6. The molecule has 0 atom stereocenters. The number of para-hydroxylation sites is 1. The van der Waals surface area contributed by atoms with E-state index in [-0.39, 0.29) is 17.2 Å². The third kappa shape index (κ3) is 4.21. The highest BCUT2D eigenvalue weighted by Gasteiger charge is 2.18. The lowest BCUT2D eigenvalue weighted by molar-refractivity contribution is 0.0745. The quantitative estimate of drug-likeness (QED) is 0.800. The molecule has 0 bridgehead atoms. The summed E-state index contributed by atoms with van der Waals surface area (Å²) in [7, 11) is 3.90. The summed E-state index contributed by atoms with van der Waals surface area (Å²) in [5.74, 6) is -0.754. The SMILES string of the molecule is CCCN(CCN(C)C)C(=O)c1cccc(F)c1N. The third-order valence-corrected chi connectivity index (χ3v) is 2.88. The van der Waals surface area contributed by atoms with Crippen molar-refractivity contribution < 1.29 is 9.18 Å². The zero-order valence-electron chi connectivity index (χ0n) is 11.8. The number of halogens is 1. The fraction of sp³-hybridized carbons (Fsp3) is 0.500. The summed E-state index contributed by atoms with van der Waals surface area (Å²) in [6, 6.07) is 4.34. The molecule has 0 aliphatic rings. The van der Waals surface area contributed by atoms with Crippen molar-refractivity contribution in [2.75, 3.05) is 39.5 Å². The van der Waals surface area contributed by atoms with Gasteiger partial charge in [0.1, 0.15) is 5.82 Å². The number of nitrogens with two attached hydrogens (primary N) is 1. The Morgan fingerprint density at radius 3 is 2.53 bits per heavy atom. The zero-order chi connectivity index (χ0) is 14.4. The molecule has 1 aromatic rings. The lowest BCUT2D eigenvalue weighted by Gasteiger charge is -2.24. The van der Waals surface area contributed by atoms with Gasteiger partial charge in [0.15, 0.2) is 0 Å². The molecule has 0 aliphatic heterocycles. The molecular weight excluding hydrogens is 245 g/mol. The van der Waals surface area contributed by atoms with E-state index in [2.05, 4.69) is 0 Å². The van der Waals surface area contributed by atoms with Crippen molar-refractivity contribution in [2.24, 2.45) is 0 Å². The number of hydrogen-bond donors (Lipinski definition) is 1. The van der Waals surface area contributed by atoms with Gasteiger partial charge in [0.25, 0.3) is 5.91 Å². The molecule has 0 saturated heterocycles. The maximum atomic E-state index is 13.4. The van der Waals surface area contributed by atoms with E-state index in [0.717, 1.165) is 13.0 Å². The minimum absolute atomic E-state index is 0.0709. The van der Waals surface area contributed by atoms with Crippen LogP contribution in [0.15, 0.2) is 18.2 Å². The summed E-state index contributed by atoms with van der Waals surface area (Å²) < 4.78 is 13.4. The maximum Gasteiger partial charge on any atom is 0.256 e. The van der Waals surface area contributed by atoms with Gasteiger partial charge in [0, 0.05) is 19.6 Å². The first-order chi connectivity index (χ1) is 8.97. The Kier molecular flexibility index (Phi) is 5.76. The van der Waals surface area contributed by atoms with E-state index in [1.54, 1.807) is 11.0 Å². The van der Waals surface area contributed by atoms with Gasteiger partial charge in [-0.2, -0.15) is 0 Å². The second kappa shape index (κ2) is 7.09. The van der Waals surface area contributed by atoms with Crippen molar-refractivity contribution in [1.29, 1.82) is 0 Å². The van der Waals surface area contributed by atoms with E-state index in [1.165, 1.54) is 12.1 Å². The summed E-state index contributed by atoms with van der Waals surface area (Å²) in [5, 5.41) is 0. The average Bonchev–Trinajstić information content (AvgIpc) is 2.37. The van der Waals surface area contributed by atoms with Crippen molar-refractivity contribution in [3.63, 3.8) is 0 Å². The van der Waals surface area contributed by atoms with E-state index < -0.39 is 5.82 Å². The van der Waals surface area contributed by atoms with Crippen LogP contribution in [0.1, 0.15) is 23.7 Å². The monoisotopic (exact) mass is 267 g/mol. The van der Waals surface area contributed by atoms with Crippen LogP contribution in [0, 0.1) is 5.82 Å². The number of anilines is 1. The van der Waals surface area contributed by atoms with Crippen molar-refractivity contribution in [3.8, 4) is 0 Å². The smallest absolute Gasteiger partial charge is 0.256 e. The molecule has 19 heavy (non-hydrogen) atoms. The second-order valence-corrected chi connectivity index (χ2v) is 4.80. The lowest BCUT2D eigenvalue weighted by Crippen LogP contribution is -2.37. The standard InChI is InChI=1S/C14H22FN3O/c1-4-8-18(10-9-17(2)3)14(19)11-6-5-7-12(15)13(11)16/h5-7H,4,8-10,16H2,1-3H3. The first kappa shape index (κ1) is 15.4. The number of nitrogen functional groups attached to an aromatic ring is 1. The molecule has 0 unspecified atom stereocenters. The number of carbonyl (C=O) groups excluding carboxylic acids is 1. The highest BCUT2D eigenvalue weighted by atomic mass is 19.1. The number of amides is 1. The minimum atomic E-state index is -0.546. The predicted molar refractivity (Wildman–Crippen MR) is 75.6 cm³/mol. The van der Waals surface area contributed by atoms with Crippen LogP contribution >= 0.6 is 0 Å².